The van der Waals surface area contributed by atoms with Gasteiger partial charge in [-0.2, -0.15) is 5.10 Å². The molecule has 1 saturated heterocycles. The highest BCUT2D eigenvalue weighted by molar-refractivity contribution is 5.78. The van der Waals surface area contributed by atoms with Gasteiger partial charge in [0, 0.05) is 37.7 Å². The maximum Gasteiger partial charge on any atom is 0.222 e. The summed E-state index contributed by atoms with van der Waals surface area (Å²) in [6.07, 6.45) is 3.49. The Morgan fingerprint density at radius 2 is 2.36 bits per heavy atom. The van der Waals surface area contributed by atoms with Gasteiger partial charge < -0.3 is 14.6 Å². The van der Waals surface area contributed by atoms with E-state index in [1.807, 2.05) is 30.2 Å². The zero-order valence-electron chi connectivity index (χ0n) is 13.1. The second-order valence-electron chi connectivity index (χ2n) is 5.91. The zero-order chi connectivity index (χ0) is 15.5. The lowest BCUT2D eigenvalue weighted by Gasteiger charge is -2.21. The highest BCUT2D eigenvalue weighted by Crippen LogP contribution is 2.23. The van der Waals surface area contributed by atoms with Gasteiger partial charge in [-0.15, -0.1) is 0 Å². The summed E-state index contributed by atoms with van der Waals surface area (Å²) >= 11 is 0. The normalized spacial score (nSPS) is 16.5. The SMILES string of the molecule is Cc1ccc(-c2[nH]ncc2CN[C@@H](C)CN2CCCC2=O)o1. The molecule has 22 heavy (non-hydrogen) atoms. The molecule has 1 aliphatic rings. The number of likely N-dealkylation sites (tertiary alicyclic amines) is 1. The van der Waals surface area contributed by atoms with E-state index in [0.29, 0.717) is 13.0 Å². The van der Waals surface area contributed by atoms with Crippen LogP contribution in [0.15, 0.2) is 22.7 Å². The highest BCUT2D eigenvalue weighted by Gasteiger charge is 2.21. The molecule has 118 valence electrons. The first-order valence-electron chi connectivity index (χ1n) is 7.73. The number of nitrogens with zero attached hydrogens (tertiary/aromatic N) is 2. The summed E-state index contributed by atoms with van der Waals surface area (Å²) in [6.45, 7) is 6.35. The van der Waals surface area contributed by atoms with E-state index in [-0.39, 0.29) is 11.9 Å². The van der Waals surface area contributed by atoms with Crippen LogP contribution in [-0.4, -0.2) is 40.1 Å². The minimum atomic E-state index is 0.239. The second kappa shape index (κ2) is 6.36. The van der Waals surface area contributed by atoms with Crippen LogP contribution in [0.3, 0.4) is 0 Å². The van der Waals surface area contributed by atoms with E-state index in [9.17, 15) is 4.79 Å². The molecule has 2 aromatic heterocycles. The summed E-state index contributed by atoms with van der Waals surface area (Å²) < 4.78 is 5.65. The molecule has 1 fully saturated rings. The van der Waals surface area contributed by atoms with Gasteiger partial charge in [-0.3, -0.25) is 9.89 Å². The van der Waals surface area contributed by atoms with Crippen molar-refractivity contribution in [3.63, 3.8) is 0 Å². The molecule has 1 amide bonds. The van der Waals surface area contributed by atoms with Crippen molar-refractivity contribution < 1.29 is 9.21 Å². The second-order valence-corrected chi connectivity index (χ2v) is 5.91. The van der Waals surface area contributed by atoms with Gasteiger partial charge >= 0.3 is 0 Å². The number of aromatic nitrogens is 2. The van der Waals surface area contributed by atoms with Gasteiger partial charge in [-0.1, -0.05) is 0 Å². The van der Waals surface area contributed by atoms with Crippen LogP contribution in [0.5, 0.6) is 0 Å². The Morgan fingerprint density at radius 3 is 3.05 bits per heavy atom. The van der Waals surface area contributed by atoms with E-state index < -0.39 is 0 Å². The first-order valence-corrected chi connectivity index (χ1v) is 7.73. The molecule has 0 unspecified atom stereocenters. The van der Waals surface area contributed by atoms with Crippen molar-refractivity contribution in [2.24, 2.45) is 0 Å². The molecule has 2 N–H and O–H groups in total. The fraction of sp³-hybridized carbons (Fsp3) is 0.500. The van der Waals surface area contributed by atoms with Crippen LogP contribution in [0.2, 0.25) is 0 Å². The van der Waals surface area contributed by atoms with Gasteiger partial charge in [-0.25, -0.2) is 0 Å². The van der Waals surface area contributed by atoms with Crippen molar-refractivity contribution in [2.45, 2.75) is 39.3 Å². The highest BCUT2D eigenvalue weighted by atomic mass is 16.3. The quantitative estimate of drug-likeness (QED) is 0.857. The van der Waals surface area contributed by atoms with E-state index >= 15 is 0 Å². The van der Waals surface area contributed by atoms with Crippen molar-refractivity contribution >= 4 is 5.91 Å². The van der Waals surface area contributed by atoms with Crippen LogP contribution in [0.25, 0.3) is 11.5 Å². The Morgan fingerprint density at radius 1 is 1.50 bits per heavy atom. The summed E-state index contributed by atoms with van der Waals surface area (Å²) in [6, 6.07) is 4.12. The molecule has 2 aromatic rings. The number of hydrogen-bond acceptors (Lipinski definition) is 4. The van der Waals surface area contributed by atoms with E-state index in [1.165, 1.54) is 0 Å². The predicted octanol–water partition coefficient (Wildman–Crippen LogP) is 2.08. The summed E-state index contributed by atoms with van der Waals surface area (Å²) in [5.41, 5.74) is 1.97. The number of aryl methyl sites for hydroxylation is 1. The summed E-state index contributed by atoms with van der Waals surface area (Å²) in [4.78, 5) is 13.6. The van der Waals surface area contributed by atoms with Crippen molar-refractivity contribution in [2.75, 3.05) is 13.1 Å². The van der Waals surface area contributed by atoms with Crippen LogP contribution < -0.4 is 5.32 Å². The van der Waals surface area contributed by atoms with E-state index in [1.54, 1.807) is 0 Å². The first kappa shape index (κ1) is 14.8. The molecule has 0 radical (unpaired) electrons. The van der Waals surface area contributed by atoms with Crippen molar-refractivity contribution in [1.29, 1.82) is 0 Å². The number of hydrogen-bond donors (Lipinski definition) is 2. The average molecular weight is 302 g/mol. The van der Waals surface area contributed by atoms with Crippen molar-refractivity contribution in [1.82, 2.24) is 20.4 Å². The summed E-state index contributed by atoms with van der Waals surface area (Å²) in [5, 5.41) is 10.6. The largest absolute Gasteiger partial charge is 0.460 e. The minimum Gasteiger partial charge on any atom is -0.460 e. The van der Waals surface area contributed by atoms with Gasteiger partial charge in [0.15, 0.2) is 5.76 Å². The third-order valence-corrected chi connectivity index (χ3v) is 4.01. The Bertz CT molecular complexity index is 646. The van der Waals surface area contributed by atoms with E-state index in [2.05, 4.69) is 22.4 Å². The average Bonchev–Trinajstić information content (AvgIpc) is 3.19. The van der Waals surface area contributed by atoms with Gasteiger partial charge in [0.05, 0.1) is 6.20 Å². The van der Waals surface area contributed by atoms with Crippen LogP contribution >= 0.6 is 0 Å². The van der Waals surface area contributed by atoms with Crippen LogP contribution in [-0.2, 0) is 11.3 Å². The molecule has 0 bridgehead atoms. The number of H-pyrrole nitrogens is 1. The number of aromatic amines is 1. The monoisotopic (exact) mass is 302 g/mol. The molecule has 0 saturated carbocycles. The maximum absolute atomic E-state index is 11.7. The maximum atomic E-state index is 11.7. The van der Waals surface area contributed by atoms with E-state index in [0.717, 1.165) is 42.3 Å². The summed E-state index contributed by atoms with van der Waals surface area (Å²) in [5.74, 6) is 1.95. The molecule has 0 spiro atoms. The Kier molecular flexibility index (Phi) is 4.29. The van der Waals surface area contributed by atoms with E-state index in [4.69, 9.17) is 4.42 Å². The number of rotatable bonds is 6. The van der Waals surface area contributed by atoms with Gasteiger partial charge in [0.1, 0.15) is 11.5 Å². The minimum absolute atomic E-state index is 0.239. The Labute approximate surface area is 129 Å². The van der Waals surface area contributed by atoms with Crippen LogP contribution in [0.4, 0.5) is 0 Å². The Balaban J connectivity index is 1.58. The molecular weight excluding hydrogens is 280 g/mol. The number of amides is 1. The number of carbonyl (C=O) groups excluding carboxylic acids is 1. The van der Waals surface area contributed by atoms with Crippen LogP contribution in [0, 0.1) is 6.92 Å². The smallest absolute Gasteiger partial charge is 0.222 e. The predicted molar refractivity (Wildman–Crippen MR) is 83.1 cm³/mol. The molecule has 1 atom stereocenters. The van der Waals surface area contributed by atoms with Crippen molar-refractivity contribution in [3.05, 3.63) is 29.7 Å². The lowest BCUT2D eigenvalue weighted by molar-refractivity contribution is -0.127. The molecule has 0 aliphatic carbocycles. The number of carbonyl (C=O) groups is 1. The molecule has 6 nitrogen and oxygen atoms in total. The molecular formula is C16H22N4O2. The molecule has 6 heteroatoms. The number of nitrogens with one attached hydrogen (secondary N) is 2. The molecule has 0 aromatic carbocycles. The standard InChI is InChI=1S/C16H22N4O2/c1-11(10-20-7-3-4-15(20)21)17-8-13-9-18-19-16(13)14-6-5-12(2)22-14/h5-6,9,11,17H,3-4,7-8,10H2,1-2H3,(H,18,19)/t11-/m0/s1. The van der Waals surface area contributed by atoms with Gasteiger partial charge in [0.25, 0.3) is 0 Å². The topological polar surface area (TPSA) is 74.2 Å². The Hall–Kier alpha value is -2.08. The number of furan rings is 1. The lowest BCUT2D eigenvalue weighted by Crippen LogP contribution is -2.39. The fourth-order valence-electron chi connectivity index (χ4n) is 2.80. The van der Waals surface area contributed by atoms with Crippen molar-refractivity contribution in [3.8, 4) is 11.5 Å². The molecule has 1 aliphatic heterocycles. The third kappa shape index (κ3) is 3.22. The van der Waals surface area contributed by atoms with Crippen LogP contribution in [0.1, 0.15) is 31.1 Å². The summed E-state index contributed by atoms with van der Waals surface area (Å²) in [7, 11) is 0. The lowest BCUT2D eigenvalue weighted by atomic mass is 10.2. The molecule has 3 rings (SSSR count). The fourth-order valence-corrected chi connectivity index (χ4v) is 2.80. The third-order valence-electron chi connectivity index (χ3n) is 4.01. The molecule has 3 heterocycles. The first-order chi connectivity index (χ1) is 10.6. The zero-order valence-corrected chi connectivity index (χ0v) is 13.1. The van der Waals surface area contributed by atoms with Gasteiger partial charge in [-0.05, 0) is 32.4 Å². The van der Waals surface area contributed by atoms with Gasteiger partial charge in [0.2, 0.25) is 5.91 Å².